The van der Waals surface area contributed by atoms with E-state index in [0.717, 1.165) is 16.2 Å². The third-order valence-electron chi connectivity index (χ3n) is 5.81. The third-order valence-corrected chi connectivity index (χ3v) is 6.73. The van der Waals surface area contributed by atoms with Crippen molar-refractivity contribution in [3.05, 3.63) is 76.0 Å². The summed E-state index contributed by atoms with van der Waals surface area (Å²) >= 11 is 1.58. The fourth-order valence-electron chi connectivity index (χ4n) is 4.01. The number of fused-ring (bicyclic) bond motifs is 1. The summed E-state index contributed by atoms with van der Waals surface area (Å²) in [6.07, 6.45) is 0.571. The lowest BCUT2D eigenvalue weighted by Gasteiger charge is -2.25. The molecule has 0 N–H and O–H groups in total. The molecule has 8 nitrogen and oxygen atoms in total. The largest absolute Gasteiger partial charge is 0.497 e. The van der Waals surface area contributed by atoms with Crippen molar-refractivity contribution in [2.45, 2.75) is 12.5 Å². The number of benzene rings is 2. The van der Waals surface area contributed by atoms with Crippen LogP contribution in [0.25, 0.3) is 0 Å². The van der Waals surface area contributed by atoms with Crippen LogP contribution in [0.2, 0.25) is 0 Å². The van der Waals surface area contributed by atoms with E-state index in [2.05, 4.69) is 5.10 Å². The molecule has 9 heteroatoms. The molecule has 0 saturated heterocycles. The van der Waals surface area contributed by atoms with Crippen molar-refractivity contribution in [2.75, 3.05) is 27.5 Å². The van der Waals surface area contributed by atoms with Gasteiger partial charge in [0, 0.05) is 19.0 Å². The minimum absolute atomic E-state index is 0.104. The van der Waals surface area contributed by atoms with Crippen LogP contribution in [-0.4, -0.2) is 54.9 Å². The Balaban J connectivity index is 1.37. The Hall–Kier alpha value is -3.85. The van der Waals surface area contributed by atoms with Crippen LogP contribution in [0.3, 0.4) is 0 Å². The number of carbonyl (C=O) groups excluding carboxylic acids is 2. The van der Waals surface area contributed by atoms with E-state index in [9.17, 15) is 9.59 Å². The molecule has 34 heavy (non-hydrogen) atoms. The maximum atomic E-state index is 13.4. The zero-order valence-corrected chi connectivity index (χ0v) is 19.6. The molecule has 2 aliphatic rings. The summed E-state index contributed by atoms with van der Waals surface area (Å²) in [4.78, 5) is 28.7. The Morgan fingerprint density at radius 1 is 1.15 bits per heavy atom. The Kier molecular flexibility index (Phi) is 5.93. The number of hydrazone groups is 1. The summed E-state index contributed by atoms with van der Waals surface area (Å²) in [6.45, 7) is 0.0778. The fourth-order valence-corrected chi connectivity index (χ4v) is 4.73. The highest BCUT2D eigenvalue weighted by atomic mass is 32.1. The molecule has 2 aromatic carbocycles. The van der Waals surface area contributed by atoms with Gasteiger partial charge in [0.25, 0.3) is 11.8 Å². The molecule has 0 bridgehead atoms. The first-order chi connectivity index (χ1) is 16.5. The topological polar surface area (TPSA) is 80.7 Å². The molecule has 0 aliphatic carbocycles. The van der Waals surface area contributed by atoms with E-state index >= 15 is 0 Å². The summed E-state index contributed by atoms with van der Waals surface area (Å²) in [5, 5.41) is 8.15. The van der Waals surface area contributed by atoms with Gasteiger partial charge >= 0.3 is 0 Å². The van der Waals surface area contributed by atoms with Crippen LogP contribution in [0.4, 0.5) is 0 Å². The number of likely N-dealkylation sites (N-methyl/N-ethyl adjacent to an activating group) is 1. The van der Waals surface area contributed by atoms with Gasteiger partial charge in [-0.15, -0.1) is 11.3 Å². The SMILES string of the molecule is COc1ccc(C(=O)N(C)CC(=O)N2N=C(c3cccs3)C[C@@H]2c2ccc3c(c2)OCO3)cc1. The fraction of sp³-hybridized carbons (Fsp3) is 0.240. The number of hydrogen-bond donors (Lipinski definition) is 0. The van der Waals surface area contributed by atoms with Crippen molar-refractivity contribution in [1.82, 2.24) is 9.91 Å². The van der Waals surface area contributed by atoms with Gasteiger partial charge in [0.1, 0.15) is 12.3 Å². The van der Waals surface area contributed by atoms with Gasteiger partial charge in [-0.05, 0) is 53.4 Å². The van der Waals surface area contributed by atoms with Gasteiger partial charge in [0.2, 0.25) is 6.79 Å². The molecule has 3 aromatic rings. The van der Waals surface area contributed by atoms with E-state index < -0.39 is 0 Å². The van der Waals surface area contributed by atoms with Crippen molar-refractivity contribution in [3.8, 4) is 17.2 Å². The van der Waals surface area contributed by atoms with Gasteiger partial charge in [0.15, 0.2) is 11.5 Å². The minimum Gasteiger partial charge on any atom is -0.497 e. The number of amides is 2. The molecule has 0 saturated carbocycles. The minimum atomic E-state index is -0.302. The van der Waals surface area contributed by atoms with Crippen molar-refractivity contribution in [2.24, 2.45) is 5.10 Å². The van der Waals surface area contributed by atoms with E-state index in [1.54, 1.807) is 49.8 Å². The molecule has 0 spiro atoms. The summed E-state index contributed by atoms with van der Waals surface area (Å²) in [5.74, 6) is 1.48. The van der Waals surface area contributed by atoms with Crippen LogP contribution in [0.1, 0.15) is 33.3 Å². The number of thiophene rings is 1. The summed E-state index contributed by atoms with van der Waals surface area (Å²) in [7, 11) is 3.18. The van der Waals surface area contributed by atoms with E-state index in [0.29, 0.717) is 29.2 Å². The molecule has 1 atom stereocenters. The Morgan fingerprint density at radius 2 is 1.94 bits per heavy atom. The number of methoxy groups -OCH3 is 1. The monoisotopic (exact) mass is 477 g/mol. The van der Waals surface area contributed by atoms with Crippen LogP contribution >= 0.6 is 11.3 Å². The van der Waals surface area contributed by atoms with Crippen molar-refractivity contribution in [1.29, 1.82) is 0 Å². The van der Waals surface area contributed by atoms with Gasteiger partial charge in [0.05, 0.1) is 23.7 Å². The van der Waals surface area contributed by atoms with Gasteiger partial charge in [-0.1, -0.05) is 12.1 Å². The normalized spacial score (nSPS) is 16.4. The number of carbonyl (C=O) groups is 2. The van der Waals surface area contributed by atoms with E-state index in [-0.39, 0.29) is 31.2 Å². The zero-order chi connectivity index (χ0) is 23.7. The quantitative estimate of drug-likeness (QED) is 0.537. The van der Waals surface area contributed by atoms with Crippen LogP contribution in [0.15, 0.2) is 65.1 Å². The maximum absolute atomic E-state index is 13.4. The summed E-state index contributed by atoms with van der Waals surface area (Å²) < 4.78 is 16.1. The first kappa shape index (κ1) is 22.0. The van der Waals surface area contributed by atoms with Crippen LogP contribution in [0, 0.1) is 0 Å². The average Bonchev–Trinajstić information content (AvgIpc) is 3.63. The number of nitrogens with zero attached hydrogens (tertiary/aromatic N) is 3. The second-order valence-electron chi connectivity index (χ2n) is 7.98. The zero-order valence-electron chi connectivity index (χ0n) is 18.8. The Labute approximate surface area is 201 Å². The lowest BCUT2D eigenvalue weighted by molar-refractivity contribution is -0.133. The average molecular weight is 478 g/mol. The summed E-state index contributed by atoms with van der Waals surface area (Å²) in [5.41, 5.74) is 2.22. The maximum Gasteiger partial charge on any atom is 0.262 e. The molecular weight excluding hydrogens is 454 g/mol. The van der Waals surface area contributed by atoms with Gasteiger partial charge in [-0.2, -0.15) is 5.10 Å². The first-order valence-electron chi connectivity index (χ1n) is 10.8. The molecule has 5 rings (SSSR count). The van der Waals surface area contributed by atoms with Crippen LogP contribution in [-0.2, 0) is 4.79 Å². The van der Waals surface area contributed by atoms with E-state index in [1.807, 2.05) is 35.7 Å². The van der Waals surface area contributed by atoms with Gasteiger partial charge in [-0.25, -0.2) is 5.01 Å². The Bertz CT molecular complexity index is 1240. The molecule has 2 amide bonds. The molecule has 0 radical (unpaired) electrons. The van der Waals surface area contributed by atoms with Crippen LogP contribution < -0.4 is 14.2 Å². The first-order valence-corrected chi connectivity index (χ1v) is 11.6. The predicted octanol–water partition coefficient (Wildman–Crippen LogP) is 3.94. The molecule has 0 unspecified atom stereocenters. The second-order valence-corrected chi connectivity index (χ2v) is 8.93. The van der Waals surface area contributed by atoms with Gasteiger partial charge < -0.3 is 19.1 Å². The highest BCUT2D eigenvalue weighted by Crippen LogP contribution is 2.39. The molecule has 2 aliphatic heterocycles. The van der Waals surface area contributed by atoms with Gasteiger partial charge in [-0.3, -0.25) is 9.59 Å². The van der Waals surface area contributed by atoms with E-state index in [4.69, 9.17) is 14.2 Å². The molecule has 3 heterocycles. The van der Waals surface area contributed by atoms with E-state index in [1.165, 1.54) is 9.91 Å². The molecular formula is C25H23N3O5S. The smallest absolute Gasteiger partial charge is 0.262 e. The summed E-state index contributed by atoms with van der Waals surface area (Å²) in [6, 6.07) is 16.1. The highest BCUT2D eigenvalue weighted by molar-refractivity contribution is 7.12. The molecule has 1 aromatic heterocycles. The number of rotatable bonds is 6. The molecule has 174 valence electrons. The van der Waals surface area contributed by atoms with Crippen LogP contribution in [0.5, 0.6) is 17.2 Å². The highest BCUT2D eigenvalue weighted by Gasteiger charge is 2.35. The Morgan fingerprint density at radius 3 is 2.68 bits per heavy atom. The number of ether oxygens (including phenoxy) is 3. The molecule has 0 fully saturated rings. The van der Waals surface area contributed by atoms with Crippen molar-refractivity contribution >= 4 is 28.9 Å². The standard InChI is InChI=1S/C25H23N3O5S/c1-27(25(30)16-5-8-18(31-2)9-6-16)14-24(29)28-20(13-19(26-28)23-4-3-11-34-23)17-7-10-21-22(12-17)33-15-32-21/h3-12,20H,13-15H2,1-2H3/t20-/m1/s1. The second kappa shape index (κ2) is 9.18. The van der Waals surface area contributed by atoms with Crippen molar-refractivity contribution in [3.63, 3.8) is 0 Å². The van der Waals surface area contributed by atoms with Crippen molar-refractivity contribution < 1.29 is 23.8 Å². The number of hydrogen-bond acceptors (Lipinski definition) is 7. The lowest BCUT2D eigenvalue weighted by atomic mass is 10.0. The lowest BCUT2D eigenvalue weighted by Crippen LogP contribution is -2.39. The predicted molar refractivity (Wildman–Crippen MR) is 128 cm³/mol. The third kappa shape index (κ3) is 4.22.